The van der Waals surface area contributed by atoms with Crippen molar-refractivity contribution in [2.45, 2.75) is 6.92 Å². The van der Waals surface area contributed by atoms with Crippen molar-refractivity contribution in [3.8, 4) is 0 Å². The van der Waals surface area contributed by atoms with E-state index in [1.165, 1.54) is 0 Å². The average molecular weight is 139 g/mol. The van der Waals surface area contributed by atoms with Gasteiger partial charge in [-0.05, 0) is 6.92 Å². The van der Waals surface area contributed by atoms with Gasteiger partial charge in [0, 0.05) is 0 Å². The van der Waals surface area contributed by atoms with E-state index >= 15 is 0 Å². The Balaban J connectivity index is 3.31. The lowest BCUT2D eigenvalue weighted by atomic mass is 10.4. The van der Waals surface area contributed by atoms with Crippen LogP contribution >= 0.6 is 0 Å². The monoisotopic (exact) mass is 139 g/mol. The summed E-state index contributed by atoms with van der Waals surface area (Å²) in [4.78, 5) is 7.59. The van der Waals surface area contributed by atoms with E-state index < -0.39 is 0 Å². The van der Waals surface area contributed by atoms with Crippen molar-refractivity contribution in [1.82, 2.24) is 9.97 Å². The molecule has 0 aliphatic heterocycles. The first-order valence-electron chi connectivity index (χ1n) is 2.76. The van der Waals surface area contributed by atoms with Gasteiger partial charge in [0.2, 0.25) is 0 Å². The predicted octanol–water partition coefficient (Wildman–Crippen LogP) is -0.468. The summed E-state index contributed by atoms with van der Waals surface area (Å²) in [5, 5.41) is 0. The van der Waals surface area contributed by atoms with E-state index in [1.807, 2.05) is 0 Å². The third-order valence-corrected chi connectivity index (χ3v) is 1.12. The standard InChI is InChI=1S/C5H9N5/c1-2-9-4(7)3(6)5(8)10-2/h6H2,1H3,(H4,7,8,9,10). The zero-order valence-electron chi connectivity index (χ0n) is 5.63. The zero-order valence-corrected chi connectivity index (χ0v) is 5.63. The molecule has 0 amide bonds. The molecule has 0 saturated heterocycles. The molecule has 54 valence electrons. The molecular weight excluding hydrogens is 130 g/mol. The van der Waals surface area contributed by atoms with Crippen LogP contribution in [0.15, 0.2) is 0 Å². The first-order valence-corrected chi connectivity index (χ1v) is 2.76. The van der Waals surface area contributed by atoms with Gasteiger partial charge < -0.3 is 17.2 Å². The molecule has 5 nitrogen and oxygen atoms in total. The third kappa shape index (κ3) is 0.928. The van der Waals surface area contributed by atoms with E-state index in [9.17, 15) is 0 Å². The lowest BCUT2D eigenvalue weighted by molar-refractivity contribution is 1.07. The molecule has 0 bridgehead atoms. The average Bonchev–Trinajstić information content (AvgIpc) is 1.82. The van der Waals surface area contributed by atoms with Crippen molar-refractivity contribution in [3.63, 3.8) is 0 Å². The van der Waals surface area contributed by atoms with Gasteiger partial charge in [-0.3, -0.25) is 0 Å². The van der Waals surface area contributed by atoms with Crippen LogP contribution in [0.4, 0.5) is 17.3 Å². The third-order valence-electron chi connectivity index (χ3n) is 1.12. The number of nitrogens with zero attached hydrogens (tertiary/aromatic N) is 2. The summed E-state index contributed by atoms with van der Waals surface area (Å²) < 4.78 is 0. The topological polar surface area (TPSA) is 104 Å². The van der Waals surface area contributed by atoms with E-state index in [4.69, 9.17) is 17.2 Å². The summed E-state index contributed by atoms with van der Waals surface area (Å²) in [6, 6.07) is 0. The highest BCUT2D eigenvalue weighted by molar-refractivity contribution is 5.70. The number of rotatable bonds is 0. The maximum Gasteiger partial charge on any atom is 0.152 e. The molecule has 0 aromatic carbocycles. The van der Waals surface area contributed by atoms with Crippen LogP contribution in [0.2, 0.25) is 0 Å². The second-order valence-electron chi connectivity index (χ2n) is 1.95. The smallest absolute Gasteiger partial charge is 0.152 e. The molecule has 1 rings (SSSR count). The fraction of sp³-hybridized carbons (Fsp3) is 0.200. The summed E-state index contributed by atoms with van der Waals surface area (Å²) in [5.41, 5.74) is 16.4. The van der Waals surface area contributed by atoms with E-state index in [-0.39, 0.29) is 17.3 Å². The Morgan fingerprint density at radius 3 is 1.80 bits per heavy atom. The molecule has 0 aliphatic carbocycles. The van der Waals surface area contributed by atoms with Gasteiger partial charge in [-0.15, -0.1) is 0 Å². The Kier molecular flexibility index (Phi) is 1.33. The fourth-order valence-corrected chi connectivity index (χ4v) is 0.625. The summed E-state index contributed by atoms with van der Waals surface area (Å²) in [7, 11) is 0. The summed E-state index contributed by atoms with van der Waals surface area (Å²) in [5.74, 6) is 1.01. The minimum absolute atomic E-state index is 0.241. The summed E-state index contributed by atoms with van der Waals surface area (Å²) in [6.45, 7) is 1.70. The van der Waals surface area contributed by atoms with Crippen LogP contribution in [0.3, 0.4) is 0 Å². The number of aryl methyl sites for hydroxylation is 1. The second kappa shape index (κ2) is 2.02. The molecule has 1 aromatic heterocycles. The highest BCUT2D eigenvalue weighted by Crippen LogP contribution is 2.16. The van der Waals surface area contributed by atoms with Gasteiger partial charge in [-0.1, -0.05) is 0 Å². The normalized spacial score (nSPS) is 9.70. The van der Waals surface area contributed by atoms with Crippen LogP contribution in [0.5, 0.6) is 0 Å². The van der Waals surface area contributed by atoms with Crippen molar-refractivity contribution in [1.29, 1.82) is 0 Å². The van der Waals surface area contributed by atoms with Gasteiger partial charge in [0.1, 0.15) is 11.5 Å². The van der Waals surface area contributed by atoms with Gasteiger partial charge in [-0.25, -0.2) is 9.97 Å². The van der Waals surface area contributed by atoms with E-state index in [1.54, 1.807) is 6.92 Å². The van der Waals surface area contributed by atoms with Crippen LogP contribution in [0, 0.1) is 6.92 Å². The van der Waals surface area contributed by atoms with Crippen LogP contribution in [-0.4, -0.2) is 9.97 Å². The van der Waals surface area contributed by atoms with E-state index in [2.05, 4.69) is 9.97 Å². The van der Waals surface area contributed by atoms with Gasteiger partial charge >= 0.3 is 0 Å². The zero-order chi connectivity index (χ0) is 7.72. The molecule has 0 unspecified atom stereocenters. The molecule has 0 aliphatic rings. The lowest BCUT2D eigenvalue weighted by Gasteiger charge is -2.01. The number of nitrogens with two attached hydrogens (primary N) is 3. The molecule has 0 radical (unpaired) electrons. The minimum Gasteiger partial charge on any atom is -0.393 e. The van der Waals surface area contributed by atoms with Crippen molar-refractivity contribution < 1.29 is 0 Å². The van der Waals surface area contributed by atoms with Crippen LogP contribution in [-0.2, 0) is 0 Å². The van der Waals surface area contributed by atoms with Crippen LogP contribution in [0.1, 0.15) is 5.82 Å². The number of hydrogen-bond donors (Lipinski definition) is 3. The first-order chi connectivity index (χ1) is 4.61. The van der Waals surface area contributed by atoms with Gasteiger partial charge in [0.05, 0.1) is 0 Å². The minimum atomic E-state index is 0.241. The van der Waals surface area contributed by atoms with E-state index in [0.717, 1.165) is 0 Å². The molecular formula is C5H9N5. The molecule has 0 saturated carbocycles. The number of anilines is 3. The van der Waals surface area contributed by atoms with Crippen LogP contribution < -0.4 is 17.2 Å². The molecule has 1 heterocycles. The molecule has 1 aromatic rings. The van der Waals surface area contributed by atoms with Crippen molar-refractivity contribution in [2.24, 2.45) is 0 Å². The van der Waals surface area contributed by atoms with Gasteiger partial charge in [0.25, 0.3) is 0 Å². The largest absolute Gasteiger partial charge is 0.393 e. The Labute approximate surface area is 58.3 Å². The molecule has 6 N–H and O–H groups in total. The Morgan fingerprint density at radius 2 is 1.40 bits per heavy atom. The number of nitrogen functional groups attached to an aromatic ring is 3. The first kappa shape index (κ1) is 6.60. The summed E-state index contributed by atoms with van der Waals surface area (Å²) in [6.07, 6.45) is 0. The van der Waals surface area contributed by atoms with Crippen LogP contribution in [0.25, 0.3) is 0 Å². The molecule has 5 heteroatoms. The Bertz CT molecular complexity index is 233. The van der Waals surface area contributed by atoms with Gasteiger partial charge in [-0.2, -0.15) is 0 Å². The summed E-state index contributed by atoms with van der Waals surface area (Å²) >= 11 is 0. The highest BCUT2D eigenvalue weighted by atomic mass is 15.0. The number of hydrogen-bond acceptors (Lipinski definition) is 5. The fourth-order valence-electron chi connectivity index (χ4n) is 0.625. The molecule has 0 fully saturated rings. The SMILES string of the molecule is Cc1nc(N)c(N)c(N)n1. The predicted molar refractivity (Wildman–Crippen MR) is 40.0 cm³/mol. The maximum absolute atomic E-state index is 5.38. The maximum atomic E-state index is 5.38. The highest BCUT2D eigenvalue weighted by Gasteiger charge is 2.01. The second-order valence-corrected chi connectivity index (χ2v) is 1.95. The van der Waals surface area contributed by atoms with Gasteiger partial charge in [0.15, 0.2) is 11.6 Å². The Morgan fingerprint density at radius 1 is 1.00 bits per heavy atom. The quantitative estimate of drug-likeness (QED) is 0.450. The molecule has 0 atom stereocenters. The molecule has 10 heavy (non-hydrogen) atoms. The van der Waals surface area contributed by atoms with Crippen molar-refractivity contribution >= 4 is 17.3 Å². The number of aromatic nitrogens is 2. The van der Waals surface area contributed by atoms with Crippen molar-refractivity contribution in [2.75, 3.05) is 17.2 Å². The van der Waals surface area contributed by atoms with E-state index in [0.29, 0.717) is 5.82 Å². The Hall–Kier alpha value is -1.52. The molecule has 0 spiro atoms. The lowest BCUT2D eigenvalue weighted by Crippen LogP contribution is -2.06. The van der Waals surface area contributed by atoms with Crippen molar-refractivity contribution in [3.05, 3.63) is 5.82 Å².